The topological polar surface area (TPSA) is 29.1 Å². The fourth-order valence-electron chi connectivity index (χ4n) is 1.38. The van der Waals surface area contributed by atoms with Crippen molar-refractivity contribution in [1.29, 1.82) is 0 Å². The van der Waals surface area contributed by atoms with Crippen molar-refractivity contribution < 1.29 is 18.0 Å². The summed E-state index contributed by atoms with van der Waals surface area (Å²) in [4.78, 5) is 11.1. The maximum absolute atomic E-state index is 12.3. The summed E-state index contributed by atoms with van der Waals surface area (Å²) in [7, 11) is 0. The van der Waals surface area contributed by atoms with Gasteiger partial charge in [0.1, 0.15) is 0 Å². The van der Waals surface area contributed by atoms with Crippen molar-refractivity contribution in [1.82, 2.24) is 0 Å². The highest BCUT2D eigenvalue weighted by Crippen LogP contribution is 2.33. The molecule has 0 unspecified atom stereocenters. The molecule has 2 nitrogen and oxygen atoms in total. The van der Waals surface area contributed by atoms with Gasteiger partial charge in [-0.05, 0) is 18.2 Å². The van der Waals surface area contributed by atoms with E-state index in [9.17, 15) is 18.0 Å². The highest BCUT2D eigenvalue weighted by Gasteiger charge is 2.32. The Morgan fingerprint density at radius 1 is 1.29 bits per heavy atom. The maximum Gasteiger partial charge on any atom is 0.416 e. The lowest BCUT2D eigenvalue weighted by molar-refractivity contribution is -0.137. The van der Waals surface area contributed by atoms with E-state index in [0.29, 0.717) is 5.69 Å². The molecule has 0 atom stereocenters. The zero-order valence-corrected chi connectivity index (χ0v) is 6.98. The molecule has 14 heavy (non-hydrogen) atoms. The SMILES string of the molecule is O=C1CNc2ccc(C(F)(F)F)cc21. The summed E-state index contributed by atoms with van der Waals surface area (Å²) < 4.78 is 36.8. The Bertz CT molecular complexity index is 398. The van der Waals surface area contributed by atoms with Gasteiger partial charge in [0.25, 0.3) is 0 Å². The van der Waals surface area contributed by atoms with E-state index in [-0.39, 0.29) is 17.9 Å². The van der Waals surface area contributed by atoms with Crippen LogP contribution in [0, 0.1) is 0 Å². The number of nitrogens with one attached hydrogen (secondary N) is 1. The van der Waals surface area contributed by atoms with Gasteiger partial charge in [-0.1, -0.05) is 0 Å². The first kappa shape index (κ1) is 9.05. The summed E-state index contributed by atoms with van der Waals surface area (Å²) in [6.45, 7) is 0.0800. The average molecular weight is 201 g/mol. The van der Waals surface area contributed by atoms with Crippen LogP contribution < -0.4 is 5.32 Å². The molecule has 1 N–H and O–H groups in total. The van der Waals surface area contributed by atoms with Crippen molar-refractivity contribution in [2.24, 2.45) is 0 Å². The van der Waals surface area contributed by atoms with E-state index in [0.717, 1.165) is 12.1 Å². The van der Waals surface area contributed by atoms with Crippen LogP contribution in [0.1, 0.15) is 15.9 Å². The van der Waals surface area contributed by atoms with Crippen LogP contribution in [-0.4, -0.2) is 12.3 Å². The number of carbonyl (C=O) groups is 1. The molecule has 1 aromatic carbocycles. The maximum atomic E-state index is 12.3. The Hall–Kier alpha value is -1.52. The number of halogens is 3. The number of anilines is 1. The van der Waals surface area contributed by atoms with Crippen molar-refractivity contribution in [3.05, 3.63) is 29.3 Å². The second-order valence-corrected chi connectivity index (χ2v) is 3.03. The fraction of sp³-hybridized carbons (Fsp3) is 0.222. The van der Waals surface area contributed by atoms with E-state index in [1.165, 1.54) is 6.07 Å². The van der Waals surface area contributed by atoms with Crippen molar-refractivity contribution >= 4 is 11.5 Å². The van der Waals surface area contributed by atoms with E-state index in [4.69, 9.17) is 0 Å². The predicted molar refractivity (Wildman–Crippen MR) is 44.3 cm³/mol. The fourth-order valence-corrected chi connectivity index (χ4v) is 1.38. The Labute approximate surface area is 77.7 Å². The lowest BCUT2D eigenvalue weighted by Gasteiger charge is -2.07. The highest BCUT2D eigenvalue weighted by molar-refractivity contribution is 6.08. The summed E-state index contributed by atoms with van der Waals surface area (Å²) in [6.07, 6.45) is -4.39. The molecule has 0 fully saturated rings. The van der Waals surface area contributed by atoms with Gasteiger partial charge in [-0.15, -0.1) is 0 Å². The molecule has 0 saturated carbocycles. The summed E-state index contributed by atoms with van der Waals surface area (Å²) in [5.74, 6) is -0.300. The summed E-state index contributed by atoms with van der Waals surface area (Å²) >= 11 is 0. The Balaban J connectivity index is 2.50. The zero-order valence-electron chi connectivity index (χ0n) is 6.98. The molecule has 2 rings (SSSR count). The molecule has 1 aliphatic rings. The molecular formula is C9H6F3NO. The molecule has 0 saturated heterocycles. The number of fused-ring (bicyclic) bond motifs is 1. The molecule has 0 bridgehead atoms. The van der Waals surface area contributed by atoms with Crippen molar-refractivity contribution in [2.75, 3.05) is 11.9 Å². The van der Waals surface area contributed by atoms with Gasteiger partial charge in [0.15, 0.2) is 5.78 Å². The van der Waals surface area contributed by atoms with Gasteiger partial charge in [-0.25, -0.2) is 0 Å². The minimum Gasteiger partial charge on any atom is -0.377 e. The molecule has 5 heteroatoms. The van der Waals surface area contributed by atoms with Gasteiger partial charge in [-0.2, -0.15) is 13.2 Å². The third-order valence-corrected chi connectivity index (χ3v) is 2.09. The molecule has 0 amide bonds. The van der Waals surface area contributed by atoms with E-state index >= 15 is 0 Å². The molecule has 1 aliphatic heterocycles. The first-order valence-corrected chi connectivity index (χ1v) is 3.97. The Morgan fingerprint density at radius 2 is 2.00 bits per heavy atom. The first-order valence-electron chi connectivity index (χ1n) is 3.97. The molecule has 0 aromatic heterocycles. The van der Waals surface area contributed by atoms with Crippen LogP contribution in [0.15, 0.2) is 18.2 Å². The molecule has 74 valence electrons. The lowest BCUT2D eigenvalue weighted by Crippen LogP contribution is -2.06. The molecule has 0 spiro atoms. The van der Waals surface area contributed by atoms with E-state index < -0.39 is 11.7 Å². The number of alkyl halides is 3. The standard InChI is InChI=1S/C9H6F3NO/c10-9(11,12)5-1-2-7-6(3-5)8(14)4-13-7/h1-3,13H,4H2. The third kappa shape index (κ3) is 1.34. The summed E-state index contributed by atoms with van der Waals surface area (Å²) in [6, 6.07) is 3.13. The highest BCUT2D eigenvalue weighted by atomic mass is 19.4. The normalized spacial score (nSPS) is 15.2. The van der Waals surface area contributed by atoms with Crippen LogP contribution in [0.3, 0.4) is 0 Å². The number of carbonyl (C=O) groups excluding carboxylic acids is 1. The number of hydrogen-bond donors (Lipinski definition) is 1. The van der Waals surface area contributed by atoms with Crippen LogP contribution in [0.5, 0.6) is 0 Å². The van der Waals surface area contributed by atoms with Crippen LogP contribution in [0.4, 0.5) is 18.9 Å². The van der Waals surface area contributed by atoms with Crippen LogP contribution >= 0.6 is 0 Å². The number of hydrogen-bond acceptors (Lipinski definition) is 2. The van der Waals surface area contributed by atoms with E-state index in [1.54, 1.807) is 0 Å². The van der Waals surface area contributed by atoms with Gasteiger partial charge >= 0.3 is 6.18 Å². The second kappa shape index (κ2) is 2.73. The van der Waals surface area contributed by atoms with Crippen molar-refractivity contribution in [3.8, 4) is 0 Å². The number of benzene rings is 1. The van der Waals surface area contributed by atoms with Crippen molar-refractivity contribution in [2.45, 2.75) is 6.18 Å². The quantitative estimate of drug-likeness (QED) is 0.697. The third-order valence-electron chi connectivity index (χ3n) is 2.09. The minimum atomic E-state index is -4.39. The molecular weight excluding hydrogens is 195 g/mol. The van der Waals surface area contributed by atoms with E-state index in [1.807, 2.05) is 0 Å². The van der Waals surface area contributed by atoms with Gasteiger partial charge in [0, 0.05) is 11.3 Å². The van der Waals surface area contributed by atoms with Gasteiger partial charge < -0.3 is 5.32 Å². The van der Waals surface area contributed by atoms with Crippen LogP contribution in [0.2, 0.25) is 0 Å². The Morgan fingerprint density at radius 3 is 2.64 bits per heavy atom. The summed E-state index contributed by atoms with van der Waals surface area (Å²) in [5.41, 5.74) is -0.184. The average Bonchev–Trinajstić information content (AvgIpc) is 2.46. The smallest absolute Gasteiger partial charge is 0.377 e. The first-order chi connectivity index (χ1) is 6.48. The number of ketones is 1. The van der Waals surface area contributed by atoms with Crippen molar-refractivity contribution in [3.63, 3.8) is 0 Å². The van der Waals surface area contributed by atoms with E-state index in [2.05, 4.69) is 5.32 Å². The number of rotatable bonds is 0. The lowest BCUT2D eigenvalue weighted by atomic mass is 10.1. The molecule has 0 aliphatic carbocycles. The number of Topliss-reactive ketones (excluding diaryl/α,β-unsaturated/α-hetero) is 1. The molecule has 1 aromatic rings. The Kier molecular flexibility index (Phi) is 1.77. The zero-order chi connectivity index (χ0) is 10.3. The molecule has 1 heterocycles. The summed E-state index contributed by atoms with van der Waals surface area (Å²) in [5, 5.41) is 2.71. The monoisotopic (exact) mass is 201 g/mol. The van der Waals surface area contributed by atoms with Crippen LogP contribution in [0.25, 0.3) is 0 Å². The largest absolute Gasteiger partial charge is 0.416 e. The van der Waals surface area contributed by atoms with Gasteiger partial charge in [0.05, 0.1) is 12.1 Å². The van der Waals surface area contributed by atoms with Gasteiger partial charge in [-0.3, -0.25) is 4.79 Å². The second-order valence-electron chi connectivity index (χ2n) is 3.03. The minimum absolute atomic E-state index is 0.0800. The van der Waals surface area contributed by atoms with Crippen LogP contribution in [-0.2, 0) is 6.18 Å². The molecule has 0 radical (unpaired) electrons. The predicted octanol–water partition coefficient (Wildman–Crippen LogP) is 2.31. The van der Waals surface area contributed by atoms with Gasteiger partial charge in [0.2, 0.25) is 0 Å².